The normalized spacial score (nSPS) is 43.5. The van der Waals surface area contributed by atoms with Crippen molar-refractivity contribution < 1.29 is 4.74 Å². The molecule has 2 fully saturated rings. The van der Waals surface area contributed by atoms with Crippen molar-refractivity contribution in [3.8, 4) is 0 Å². The molecule has 0 aromatic heterocycles. The number of allylic oxidation sites excluding steroid dienone is 4. The lowest BCUT2D eigenvalue weighted by atomic mass is 9.50. The highest BCUT2D eigenvalue weighted by molar-refractivity contribution is 5.34. The predicted octanol–water partition coefficient (Wildman–Crippen LogP) is 8.21. The Morgan fingerprint density at radius 1 is 0.933 bits per heavy atom. The fraction of sp³-hybridized carbons (Fsp3) is 0.862. The lowest BCUT2D eigenvalue weighted by molar-refractivity contribution is -0.00885. The van der Waals surface area contributed by atoms with E-state index < -0.39 is 0 Å². The Morgan fingerprint density at radius 2 is 1.70 bits per heavy atom. The SMILES string of the molecule is CO[C@@H]1CC[C@]2(C)C3=C(CC[C@H]2C1)[C@@H]1CC[C@H]([C@H](C)/C=C/[C@H](C)C(C)C)[C@]1(C)CC3. The van der Waals surface area contributed by atoms with Gasteiger partial charge in [-0.25, -0.2) is 0 Å². The maximum Gasteiger partial charge on any atom is 0.0574 e. The maximum atomic E-state index is 5.78. The van der Waals surface area contributed by atoms with Gasteiger partial charge in [0.05, 0.1) is 6.10 Å². The topological polar surface area (TPSA) is 9.23 Å². The molecule has 2 saturated carbocycles. The van der Waals surface area contributed by atoms with Gasteiger partial charge < -0.3 is 4.74 Å². The van der Waals surface area contributed by atoms with E-state index in [2.05, 4.69) is 53.7 Å². The molecule has 0 aliphatic heterocycles. The third kappa shape index (κ3) is 3.66. The van der Waals surface area contributed by atoms with Crippen LogP contribution in [0.1, 0.15) is 99.3 Å². The summed E-state index contributed by atoms with van der Waals surface area (Å²) in [6.45, 7) is 14.9. The van der Waals surface area contributed by atoms with Crippen LogP contribution in [0.2, 0.25) is 0 Å². The summed E-state index contributed by atoms with van der Waals surface area (Å²) in [5.74, 6) is 4.73. The molecule has 4 rings (SSSR count). The Balaban J connectivity index is 1.55. The standard InChI is InChI=1S/C29H48O/c1-19(2)20(3)8-9-21(4)25-12-13-26-24-11-10-22-18-23(30-7)14-16-28(22,5)27(24)15-17-29(25,26)6/h8-9,19-23,25-26H,10-18H2,1-7H3/b9-8+/t20-,21+,22-,23+,25+,26-,28-,29-/m0/s1. The van der Waals surface area contributed by atoms with Gasteiger partial charge >= 0.3 is 0 Å². The molecule has 0 bridgehead atoms. The van der Waals surface area contributed by atoms with E-state index in [4.69, 9.17) is 4.74 Å². The third-order valence-electron chi connectivity index (χ3n) is 10.8. The van der Waals surface area contributed by atoms with E-state index in [0.29, 0.717) is 28.8 Å². The first kappa shape index (κ1) is 22.6. The molecule has 0 aromatic rings. The molecule has 0 heterocycles. The van der Waals surface area contributed by atoms with Crippen molar-refractivity contribution in [1.29, 1.82) is 0 Å². The summed E-state index contributed by atoms with van der Waals surface area (Å²) in [6, 6.07) is 0. The van der Waals surface area contributed by atoms with E-state index in [1.54, 1.807) is 0 Å². The van der Waals surface area contributed by atoms with Gasteiger partial charge in [-0.15, -0.1) is 0 Å². The van der Waals surface area contributed by atoms with Crippen molar-refractivity contribution in [2.24, 2.45) is 46.3 Å². The summed E-state index contributed by atoms with van der Waals surface area (Å²) in [7, 11) is 1.92. The first-order valence-corrected chi connectivity index (χ1v) is 13.1. The second-order valence-electron chi connectivity index (χ2n) is 12.4. The average Bonchev–Trinajstić information content (AvgIpc) is 3.08. The van der Waals surface area contributed by atoms with Crippen molar-refractivity contribution in [2.45, 2.75) is 105 Å². The van der Waals surface area contributed by atoms with Crippen molar-refractivity contribution in [2.75, 3.05) is 7.11 Å². The van der Waals surface area contributed by atoms with E-state index in [0.717, 1.165) is 23.7 Å². The highest BCUT2D eigenvalue weighted by atomic mass is 16.5. The van der Waals surface area contributed by atoms with Crippen LogP contribution in [0.5, 0.6) is 0 Å². The smallest absolute Gasteiger partial charge is 0.0574 e. The Hall–Kier alpha value is -0.560. The first-order chi connectivity index (χ1) is 14.2. The van der Waals surface area contributed by atoms with Crippen LogP contribution < -0.4 is 0 Å². The molecule has 170 valence electrons. The molecular formula is C29H48O. The number of ether oxygens (including phenoxy) is 1. The molecule has 0 spiro atoms. The monoisotopic (exact) mass is 412 g/mol. The van der Waals surface area contributed by atoms with Gasteiger partial charge in [-0.05, 0) is 104 Å². The van der Waals surface area contributed by atoms with E-state index >= 15 is 0 Å². The third-order valence-corrected chi connectivity index (χ3v) is 10.8. The fourth-order valence-corrected chi connectivity index (χ4v) is 8.25. The highest BCUT2D eigenvalue weighted by Crippen LogP contribution is 2.65. The molecule has 0 radical (unpaired) electrons. The lowest BCUT2D eigenvalue weighted by Gasteiger charge is -2.55. The van der Waals surface area contributed by atoms with Gasteiger partial charge in [0.2, 0.25) is 0 Å². The number of rotatable bonds is 5. The molecule has 0 aromatic carbocycles. The van der Waals surface area contributed by atoms with Gasteiger partial charge in [-0.2, -0.15) is 0 Å². The number of methoxy groups -OCH3 is 1. The zero-order valence-corrected chi connectivity index (χ0v) is 21.0. The first-order valence-electron chi connectivity index (χ1n) is 13.1. The van der Waals surface area contributed by atoms with Crippen LogP contribution in [0.25, 0.3) is 0 Å². The molecule has 0 amide bonds. The molecule has 4 aliphatic rings. The Bertz CT molecular complexity index is 686. The van der Waals surface area contributed by atoms with Crippen LogP contribution in [0.15, 0.2) is 23.3 Å². The summed E-state index contributed by atoms with van der Waals surface area (Å²) >= 11 is 0. The summed E-state index contributed by atoms with van der Waals surface area (Å²) in [5, 5.41) is 0. The number of hydrogen-bond acceptors (Lipinski definition) is 1. The molecule has 4 aliphatic carbocycles. The fourth-order valence-electron chi connectivity index (χ4n) is 8.25. The maximum absolute atomic E-state index is 5.78. The van der Waals surface area contributed by atoms with E-state index in [1.807, 2.05) is 18.3 Å². The van der Waals surface area contributed by atoms with Crippen LogP contribution >= 0.6 is 0 Å². The van der Waals surface area contributed by atoms with Gasteiger partial charge in [-0.3, -0.25) is 0 Å². The second kappa shape index (κ2) is 8.42. The summed E-state index contributed by atoms with van der Waals surface area (Å²) in [5.41, 5.74) is 4.86. The van der Waals surface area contributed by atoms with Crippen LogP contribution in [-0.4, -0.2) is 13.2 Å². The van der Waals surface area contributed by atoms with Crippen molar-refractivity contribution in [3.63, 3.8) is 0 Å². The van der Waals surface area contributed by atoms with Crippen LogP contribution in [-0.2, 0) is 4.74 Å². The van der Waals surface area contributed by atoms with Gasteiger partial charge in [0.25, 0.3) is 0 Å². The minimum absolute atomic E-state index is 0.472. The number of fused-ring (bicyclic) bond motifs is 4. The molecule has 1 heteroatoms. The van der Waals surface area contributed by atoms with Crippen LogP contribution in [0.3, 0.4) is 0 Å². The number of hydrogen-bond donors (Lipinski definition) is 0. The van der Waals surface area contributed by atoms with Gasteiger partial charge in [0.15, 0.2) is 0 Å². The Labute approximate surface area is 187 Å². The lowest BCUT2D eigenvalue weighted by Crippen LogP contribution is -2.45. The molecule has 0 saturated heterocycles. The van der Waals surface area contributed by atoms with Gasteiger partial charge in [0, 0.05) is 7.11 Å². The van der Waals surface area contributed by atoms with Crippen molar-refractivity contribution in [1.82, 2.24) is 0 Å². The predicted molar refractivity (Wildman–Crippen MR) is 128 cm³/mol. The largest absolute Gasteiger partial charge is 0.381 e. The summed E-state index contributed by atoms with van der Waals surface area (Å²) in [4.78, 5) is 0. The van der Waals surface area contributed by atoms with Gasteiger partial charge in [0.1, 0.15) is 0 Å². The molecule has 0 N–H and O–H groups in total. The average molecular weight is 413 g/mol. The second-order valence-corrected chi connectivity index (χ2v) is 12.4. The molecule has 8 atom stereocenters. The minimum Gasteiger partial charge on any atom is -0.381 e. The van der Waals surface area contributed by atoms with Crippen LogP contribution in [0.4, 0.5) is 0 Å². The van der Waals surface area contributed by atoms with E-state index in [-0.39, 0.29) is 0 Å². The molecule has 0 unspecified atom stereocenters. The molecular weight excluding hydrogens is 364 g/mol. The zero-order valence-electron chi connectivity index (χ0n) is 21.0. The van der Waals surface area contributed by atoms with Crippen molar-refractivity contribution >= 4 is 0 Å². The minimum atomic E-state index is 0.472. The summed E-state index contributed by atoms with van der Waals surface area (Å²) in [6.07, 6.45) is 18.0. The van der Waals surface area contributed by atoms with Crippen LogP contribution in [0, 0.1) is 46.3 Å². The van der Waals surface area contributed by atoms with E-state index in [1.165, 1.54) is 57.8 Å². The zero-order chi connectivity index (χ0) is 21.7. The Morgan fingerprint density at radius 3 is 2.40 bits per heavy atom. The quantitative estimate of drug-likeness (QED) is 0.413. The summed E-state index contributed by atoms with van der Waals surface area (Å²) < 4.78 is 5.78. The molecule has 30 heavy (non-hydrogen) atoms. The van der Waals surface area contributed by atoms with Crippen molar-refractivity contribution in [3.05, 3.63) is 23.3 Å². The van der Waals surface area contributed by atoms with Gasteiger partial charge in [-0.1, -0.05) is 64.8 Å². The Kier molecular flexibility index (Phi) is 6.35. The molecule has 1 nitrogen and oxygen atoms in total. The highest BCUT2D eigenvalue weighted by Gasteiger charge is 2.55. The van der Waals surface area contributed by atoms with E-state index in [9.17, 15) is 0 Å².